The van der Waals surface area contributed by atoms with Gasteiger partial charge in [0.15, 0.2) is 23.1 Å². The van der Waals surface area contributed by atoms with Gasteiger partial charge in [0.25, 0.3) is 0 Å². The summed E-state index contributed by atoms with van der Waals surface area (Å²) in [5, 5.41) is 10.4. The fraction of sp³-hybridized carbons (Fsp3) is 0.269. The molecule has 3 aliphatic rings. The fourth-order valence-electron chi connectivity index (χ4n) is 5.06. The normalized spacial score (nSPS) is 19.0. The average Bonchev–Trinajstić information content (AvgIpc) is 2.87. The molecule has 34 heavy (non-hydrogen) atoms. The Morgan fingerprint density at radius 1 is 1.06 bits per heavy atom. The predicted molar refractivity (Wildman–Crippen MR) is 127 cm³/mol. The van der Waals surface area contributed by atoms with Crippen molar-refractivity contribution >= 4 is 17.3 Å². The highest BCUT2D eigenvalue weighted by Gasteiger charge is 2.44. The zero-order valence-corrected chi connectivity index (χ0v) is 19.2. The molecular formula is C26H24N4O4. The van der Waals surface area contributed by atoms with Crippen molar-refractivity contribution in [2.24, 2.45) is 10.7 Å². The summed E-state index contributed by atoms with van der Waals surface area (Å²) in [4.78, 5) is 20.0. The van der Waals surface area contributed by atoms with E-state index in [-0.39, 0.29) is 5.78 Å². The van der Waals surface area contributed by atoms with E-state index in [1.54, 1.807) is 33.5 Å². The van der Waals surface area contributed by atoms with Crippen molar-refractivity contribution in [3.05, 3.63) is 70.2 Å². The molecule has 0 spiro atoms. The summed E-state index contributed by atoms with van der Waals surface area (Å²) in [5.41, 5.74) is 10.3. The van der Waals surface area contributed by atoms with Crippen LogP contribution < -0.4 is 24.8 Å². The van der Waals surface area contributed by atoms with E-state index in [2.05, 4.69) is 11.1 Å². The number of hydrogen-bond acceptors (Lipinski definition) is 8. The van der Waals surface area contributed by atoms with Crippen LogP contribution in [0.2, 0.25) is 0 Å². The molecule has 1 aliphatic carbocycles. The maximum Gasteiger partial charge on any atom is 0.164 e. The van der Waals surface area contributed by atoms with Crippen LogP contribution in [0.25, 0.3) is 0 Å². The van der Waals surface area contributed by atoms with Gasteiger partial charge in [-0.3, -0.25) is 9.69 Å². The third-order valence-corrected chi connectivity index (χ3v) is 6.54. The zero-order chi connectivity index (χ0) is 24.0. The van der Waals surface area contributed by atoms with Crippen molar-refractivity contribution in [2.75, 3.05) is 26.2 Å². The van der Waals surface area contributed by atoms with Gasteiger partial charge < -0.3 is 19.9 Å². The van der Waals surface area contributed by atoms with Crippen LogP contribution in [0.15, 0.2) is 64.1 Å². The van der Waals surface area contributed by atoms with E-state index < -0.39 is 5.92 Å². The van der Waals surface area contributed by atoms with Crippen LogP contribution in [0.1, 0.15) is 36.3 Å². The number of aliphatic imine (C=N–C) groups is 1. The highest BCUT2D eigenvalue weighted by Crippen LogP contribution is 2.52. The molecule has 8 heteroatoms. The molecule has 172 valence electrons. The first-order valence-corrected chi connectivity index (χ1v) is 11.0. The van der Waals surface area contributed by atoms with Gasteiger partial charge in [-0.1, -0.05) is 12.1 Å². The number of anilines is 1. The molecule has 0 bridgehead atoms. The van der Waals surface area contributed by atoms with Gasteiger partial charge in [-0.15, -0.1) is 0 Å². The largest absolute Gasteiger partial charge is 0.496 e. The maximum absolute atomic E-state index is 13.4. The lowest BCUT2D eigenvalue weighted by Crippen LogP contribution is -2.39. The van der Waals surface area contributed by atoms with E-state index >= 15 is 0 Å². The molecule has 5 rings (SSSR count). The molecule has 0 saturated carbocycles. The highest BCUT2D eigenvalue weighted by atomic mass is 16.5. The Labute approximate surface area is 197 Å². The molecule has 0 aromatic heterocycles. The number of nitriles is 1. The van der Waals surface area contributed by atoms with Gasteiger partial charge in [-0.05, 0) is 31.0 Å². The topological polar surface area (TPSA) is 110 Å². The maximum atomic E-state index is 13.4. The quantitative estimate of drug-likeness (QED) is 0.745. The van der Waals surface area contributed by atoms with Gasteiger partial charge in [0.05, 0.1) is 44.6 Å². The van der Waals surface area contributed by atoms with Crippen molar-refractivity contribution in [1.82, 2.24) is 0 Å². The smallest absolute Gasteiger partial charge is 0.164 e. The number of ether oxygens (including phenoxy) is 3. The number of ketones is 1. The summed E-state index contributed by atoms with van der Waals surface area (Å²) in [6.07, 6.45) is 1.82. The van der Waals surface area contributed by atoms with Crippen molar-refractivity contribution in [3.63, 3.8) is 0 Å². The van der Waals surface area contributed by atoms with Crippen LogP contribution in [0, 0.1) is 11.3 Å². The fourth-order valence-corrected chi connectivity index (χ4v) is 5.06. The Morgan fingerprint density at radius 2 is 1.76 bits per heavy atom. The monoisotopic (exact) mass is 456 g/mol. The molecule has 0 radical (unpaired) electrons. The predicted octanol–water partition coefficient (Wildman–Crippen LogP) is 3.78. The number of benzene rings is 2. The molecule has 0 saturated heterocycles. The lowest BCUT2D eigenvalue weighted by molar-refractivity contribution is -0.116. The van der Waals surface area contributed by atoms with Gasteiger partial charge in [0, 0.05) is 34.9 Å². The Balaban J connectivity index is 1.85. The Bertz CT molecular complexity index is 1350. The first-order chi connectivity index (χ1) is 16.5. The number of amidine groups is 1. The summed E-state index contributed by atoms with van der Waals surface area (Å²) in [5.74, 6) is 1.57. The van der Waals surface area contributed by atoms with E-state index in [1.807, 2.05) is 29.2 Å². The minimum absolute atomic E-state index is 0.00916. The lowest BCUT2D eigenvalue weighted by Gasteiger charge is -2.42. The minimum atomic E-state index is -0.671. The lowest BCUT2D eigenvalue weighted by atomic mass is 9.75. The SMILES string of the molecule is COc1cc(OC)c([C@@H]2C(C#N)=C3N=C(N)c4ccccc4N3C3=C2C(=O)CCC3)cc1OC. The molecular weight excluding hydrogens is 432 g/mol. The van der Waals surface area contributed by atoms with Crippen LogP contribution in [0.4, 0.5) is 5.69 Å². The third-order valence-electron chi connectivity index (χ3n) is 6.54. The molecule has 2 aromatic carbocycles. The van der Waals surface area contributed by atoms with Crippen LogP contribution in [-0.4, -0.2) is 32.9 Å². The number of rotatable bonds is 4. The van der Waals surface area contributed by atoms with Gasteiger partial charge in [0.1, 0.15) is 11.6 Å². The first-order valence-electron chi connectivity index (χ1n) is 11.0. The van der Waals surface area contributed by atoms with Gasteiger partial charge >= 0.3 is 0 Å². The third kappa shape index (κ3) is 3.05. The second-order valence-electron chi connectivity index (χ2n) is 8.22. The number of allylic oxidation sites excluding steroid dienone is 3. The number of Topliss-reactive ketones (excluding diaryl/α,β-unsaturated/α-hetero) is 1. The van der Waals surface area contributed by atoms with E-state index in [9.17, 15) is 10.1 Å². The van der Waals surface area contributed by atoms with Crippen molar-refractivity contribution < 1.29 is 19.0 Å². The molecule has 2 aromatic rings. The number of carbonyl (C=O) groups excluding carboxylic acids is 1. The number of para-hydroxylation sites is 1. The Hall–Kier alpha value is -4.25. The molecule has 1 atom stereocenters. The highest BCUT2D eigenvalue weighted by molar-refractivity contribution is 6.08. The summed E-state index contributed by atoms with van der Waals surface area (Å²) in [6.45, 7) is 0. The van der Waals surface area contributed by atoms with Crippen LogP contribution in [-0.2, 0) is 4.79 Å². The number of nitrogens with two attached hydrogens (primary N) is 1. The molecule has 0 amide bonds. The minimum Gasteiger partial charge on any atom is -0.496 e. The van der Waals surface area contributed by atoms with Crippen molar-refractivity contribution in [1.29, 1.82) is 5.26 Å². The summed E-state index contributed by atoms with van der Waals surface area (Å²) >= 11 is 0. The van der Waals surface area contributed by atoms with E-state index in [0.29, 0.717) is 58.5 Å². The molecule has 2 N–H and O–H groups in total. The second-order valence-corrected chi connectivity index (χ2v) is 8.22. The van der Waals surface area contributed by atoms with Gasteiger partial charge in [-0.2, -0.15) is 5.26 Å². The summed E-state index contributed by atoms with van der Waals surface area (Å²) in [6, 6.07) is 13.5. The van der Waals surface area contributed by atoms with Gasteiger partial charge in [0.2, 0.25) is 0 Å². The number of carbonyl (C=O) groups is 1. The van der Waals surface area contributed by atoms with Crippen molar-refractivity contribution in [3.8, 4) is 23.3 Å². The van der Waals surface area contributed by atoms with E-state index in [0.717, 1.165) is 23.4 Å². The van der Waals surface area contributed by atoms with Crippen LogP contribution >= 0.6 is 0 Å². The van der Waals surface area contributed by atoms with Gasteiger partial charge in [-0.25, -0.2) is 4.99 Å². The summed E-state index contributed by atoms with van der Waals surface area (Å²) in [7, 11) is 4.63. The van der Waals surface area contributed by atoms with Crippen molar-refractivity contribution in [2.45, 2.75) is 25.2 Å². The standard InChI is InChI=1S/C26H24N4O4/c1-32-20-12-22(34-3)21(33-2)11-15(20)23-16(13-27)26-29-25(28)14-7-4-5-8-17(14)30(26)18-9-6-10-19(31)24(18)23/h4-5,7-8,11-12,23H,6,9-10H2,1-3H3,(H2,28,29)/t23-/m1/s1. The summed E-state index contributed by atoms with van der Waals surface area (Å²) < 4.78 is 16.7. The molecule has 0 unspecified atom stereocenters. The number of nitrogens with zero attached hydrogens (tertiary/aromatic N) is 3. The molecule has 2 aliphatic heterocycles. The molecule has 8 nitrogen and oxygen atoms in total. The van der Waals surface area contributed by atoms with Crippen LogP contribution in [0.3, 0.4) is 0 Å². The Kier molecular flexibility index (Phi) is 5.25. The number of fused-ring (bicyclic) bond motifs is 4. The van der Waals surface area contributed by atoms with E-state index in [4.69, 9.17) is 19.9 Å². The molecule has 0 fully saturated rings. The Morgan fingerprint density at radius 3 is 2.47 bits per heavy atom. The number of hydrogen-bond donors (Lipinski definition) is 1. The number of methoxy groups -OCH3 is 3. The molecule has 2 heterocycles. The first kappa shape index (κ1) is 21.6. The average molecular weight is 457 g/mol. The zero-order valence-electron chi connectivity index (χ0n) is 19.2. The van der Waals surface area contributed by atoms with Crippen LogP contribution in [0.5, 0.6) is 17.2 Å². The second kappa shape index (κ2) is 8.27. The van der Waals surface area contributed by atoms with E-state index in [1.165, 1.54) is 0 Å².